The number of likely N-dealkylation sites (tertiary alicyclic amines) is 1. The highest BCUT2D eigenvalue weighted by molar-refractivity contribution is 7.15. The molecule has 1 atom stereocenters. The molecule has 0 amide bonds. The van der Waals surface area contributed by atoms with Gasteiger partial charge in [-0.1, -0.05) is 6.92 Å². The van der Waals surface area contributed by atoms with Crippen LogP contribution in [-0.2, 0) is 6.54 Å². The molecule has 26 heavy (non-hydrogen) atoms. The second-order valence-corrected chi connectivity index (χ2v) is 8.81. The monoisotopic (exact) mass is 372 g/mol. The van der Waals surface area contributed by atoms with Crippen LogP contribution in [0.1, 0.15) is 23.8 Å². The number of thiophene rings is 1. The van der Waals surface area contributed by atoms with E-state index in [2.05, 4.69) is 41.8 Å². The van der Waals surface area contributed by atoms with Crippen molar-refractivity contribution in [2.24, 2.45) is 5.92 Å². The average molecular weight is 373 g/mol. The van der Waals surface area contributed by atoms with E-state index in [0.717, 1.165) is 43.2 Å². The summed E-state index contributed by atoms with van der Waals surface area (Å²) in [7, 11) is 0. The molecule has 1 fully saturated rings. The molecule has 2 aromatic rings. The quantitative estimate of drug-likeness (QED) is 0.881. The van der Waals surface area contributed by atoms with Gasteiger partial charge in [-0.2, -0.15) is 0 Å². The van der Waals surface area contributed by atoms with Crippen LogP contribution in [0.5, 0.6) is 11.5 Å². The van der Waals surface area contributed by atoms with Crippen LogP contribution in [0.15, 0.2) is 24.3 Å². The van der Waals surface area contributed by atoms with Gasteiger partial charge >= 0.3 is 0 Å². The molecule has 0 radical (unpaired) electrons. The summed E-state index contributed by atoms with van der Waals surface area (Å²) in [6, 6.07) is 8.31. The fraction of sp³-hybridized carbons (Fsp3) is 0.524. The van der Waals surface area contributed by atoms with Gasteiger partial charge in [-0.3, -0.25) is 4.90 Å². The first-order chi connectivity index (χ1) is 12.6. The summed E-state index contributed by atoms with van der Waals surface area (Å²) in [4.78, 5) is 7.52. The second-order valence-electron chi connectivity index (χ2n) is 7.53. The average Bonchev–Trinajstić information content (AvgIpc) is 3.20. The smallest absolute Gasteiger partial charge is 0.165 e. The first kappa shape index (κ1) is 17.8. The molecular formula is C21H28N2O2S. The number of aryl methyl sites for hydroxylation is 1. The van der Waals surface area contributed by atoms with E-state index in [9.17, 15) is 5.11 Å². The van der Waals surface area contributed by atoms with Gasteiger partial charge in [0.2, 0.25) is 0 Å². The van der Waals surface area contributed by atoms with Gasteiger partial charge in [-0.05, 0) is 62.2 Å². The lowest BCUT2D eigenvalue weighted by molar-refractivity contribution is 0.195. The highest BCUT2D eigenvalue weighted by Gasteiger charge is 2.26. The standard InChI is InChI=1S/C21H28N2O2S/c1-3-22-7-6-16(12-22)13-23-8-9-25-21-18(14-23)10-17(11-19(21)24)20-5-4-15(2)26-20/h4-5,10-11,16,24H,3,6-9,12-14H2,1-2H3. The van der Waals surface area contributed by atoms with Crippen LogP contribution >= 0.6 is 11.3 Å². The zero-order valence-corrected chi connectivity index (χ0v) is 16.5. The van der Waals surface area contributed by atoms with E-state index in [1.807, 2.05) is 6.07 Å². The van der Waals surface area contributed by atoms with E-state index in [1.165, 1.54) is 29.3 Å². The Morgan fingerprint density at radius 2 is 2.12 bits per heavy atom. The summed E-state index contributed by atoms with van der Waals surface area (Å²) < 4.78 is 5.91. The summed E-state index contributed by atoms with van der Waals surface area (Å²) in [6.07, 6.45) is 1.29. The number of fused-ring (bicyclic) bond motifs is 1. The SMILES string of the molecule is CCN1CCC(CN2CCOc3c(O)cc(-c4ccc(C)s4)cc3C2)C1. The van der Waals surface area contributed by atoms with E-state index < -0.39 is 0 Å². The summed E-state index contributed by atoms with van der Waals surface area (Å²) in [6.45, 7) is 11.5. The number of phenols is 1. The van der Waals surface area contributed by atoms with Gasteiger partial charge in [0.25, 0.3) is 0 Å². The molecule has 1 unspecified atom stereocenters. The summed E-state index contributed by atoms with van der Waals surface area (Å²) in [5.41, 5.74) is 2.19. The van der Waals surface area contributed by atoms with Crippen molar-refractivity contribution in [3.05, 3.63) is 34.7 Å². The molecule has 2 aliphatic rings. The number of hydrogen-bond donors (Lipinski definition) is 1. The zero-order chi connectivity index (χ0) is 18.1. The minimum Gasteiger partial charge on any atom is -0.504 e. The van der Waals surface area contributed by atoms with E-state index in [0.29, 0.717) is 12.4 Å². The Hall–Kier alpha value is -1.56. The zero-order valence-electron chi connectivity index (χ0n) is 15.7. The van der Waals surface area contributed by atoms with Crippen LogP contribution in [0.4, 0.5) is 0 Å². The van der Waals surface area contributed by atoms with Crippen molar-refractivity contribution in [2.75, 3.05) is 39.3 Å². The molecule has 0 spiro atoms. The molecule has 2 aliphatic heterocycles. The van der Waals surface area contributed by atoms with Crippen molar-refractivity contribution in [3.8, 4) is 21.9 Å². The van der Waals surface area contributed by atoms with Gasteiger partial charge in [0.05, 0.1) is 0 Å². The Bertz CT molecular complexity index is 773. The third-order valence-electron chi connectivity index (χ3n) is 5.55. The van der Waals surface area contributed by atoms with Gasteiger partial charge in [0.15, 0.2) is 11.5 Å². The number of benzene rings is 1. The van der Waals surface area contributed by atoms with Crippen LogP contribution in [0.25, 0.3) is 10.4 Å². The van der Waals surface area contributed by atoms with Crippen LogP contribution in [0.2, 0.25) is 0 Å². The number of aromatic hydroxyl groups is 1. The van der Waals surface area contributed by atoms with E-state index in [1.54, 1.807) is 11.3 Å². The maximum Gasteiger partial charge on any atom is 0.165 e. The minimum atomic E-state index is 0.267. The summed E-state index contributed by atoms with van der Waals surface area (Å²) in [5, 5.41) is 10.5. The molecule has 1 aromatic heterocycles. The molecule has 1 saturated heterocycles. The number of ether oxygens (including phenoxy) is 1. The Labute approximate surface area is 160 Å². The Morgan fingerprint density at radius 3 is 2.85 bits per heavy atom. The molecule has 0 bridgehead atoms. The van der Waals surface area contributed by atoms with Gasteiger partial charge in [-0.25, -0.2) is 0 Å². The lowest BCUT2D eigenvalue weighted by atomic mass is 10.1. The highest BCUT2D eigenvalue weighted by Crippen LogP contribution is 2.39. The Balaban J connectivity index is 1.54. The molecule has 140 valence electrons. The minimum absolute atomic E-state index is 0.267. The molecule has 0 aliphatic carbocycles. The molecular weight excluding hydrogens is 344 g/mol. The van der Waals surface area contributed by atoms with Crippen LogP contribution < -0.4 is 4.74 Å². The van der Waals surface area contributed by atoms with Crippen LogP contribution in [0.3, 0.4) is 0 Å². The molecule has 1 N–H and O–H groups in total. The topological polar surface area (TPSA) is 35.9 Å². The fourth-order valence-electron chi connectivity index (χ4n) is 4.16. The summed E-state index contributed by atoms with van der Waals surface area (Å²) >= 11 is 1.76. The molecule has 1 aromatic carbocycles. The number of rotatable bonds is 4. The predicted octanol–water partition coefficient (Wildman–Crippen LogP) is 3.97. The molecule has 0 saturated carbocycles. The van der Waals surface area contributed by atoms with Gasteiger partial charge in [0.1, 0.15) is 6.61 Å². The van der Waals surface area contributed by atoms with E-state index in [-0.39, 0.29) is 5.75 Å². The van der Waals surface area contributed by atoms with Crippen LogP contribution in [0, 0.1) is 12.8 Å². The molecule has 5 heteroatoms. The second kappa shape index (κ2) is 7.59. The fourth-order valence-corrected chi connectivity index (χ4v) is 5.01. The first-order valence-electron chi connectivity index (χ1n) is 9.62. The third-order valence-corrected chi connectivity index (χ3v) is 6.60. The van der Waals surface area contributed by atoms with Gasteiger partial charge < -0.3 is 14.7 Å². The normalized spacial score (nSPS) is 21.4. The van der Waals surface area contributed by atoms with Crippen LogP contribution in [-0.4, -0.2) is 54.2 Å². The van der Waals surface area contributed by atoms with Crippen molar-refractivity contribution >= 4 is 11.3 Å². The van der Waals surface area contributed by atoms with E-state index in [4.69, 9.17) is 4.74 Å². The lowest BCUT2D eigenvalue weighted by Crippen LogP contribution is -2.32. The third kappa shape index (κ3) is 3.75. The molecule has 4 rings (SSSR count). The van der Waals surface area contributed by atoms with E-state index >= 15 is 0 Å². The van der Waals surface area contributed by atoms with Crippen molar-refractivity contribution in [1.29, 1.82) is 0 Å². The molecule has 4 nitrogen and oxygen atoms in total. The number of nitrogens with zero attached hydrogens (tertiary/aromatic N) is 2. The molecule has 3 heterocycles. The number of hydrogen-bond acceptors (Lipinski definition) is 5. The Kier molecular flexibility index (Phi) is 5.20. The number of phenolic OH excluding ortho intramolecular Hbond substituents is 1. The van der Waals surface area contributed by atoms with Crippen molar-refractivity contribution < 1.29 is 9.84 Å². The first-order valence-corrected chi connectivity index (χ1v) is 10.4. The summed E-state index contributed by atoms with van der Waals surface area (Å²) in [5.74, 6) is 1.68. The van der Waals surface area contributed by atoms with Gasteiger partial charge in [0, 0.05) is 41.5 Å². The van der Waals surface area contributed by atoms with Crippen molar-refractivity contribution in [1.82, 2.24) is 9.80 Å². The Morgan fingerprint density at radius 1 is 1.23 bits per heavy atom. The predicted molar refractivity (Wildman–Crippen MR) is 107 cm³/mol. The van der Waals surface area contributed by atoms with Crippen molar-refractivity contribution in [3.63, 3.8) is 0 Å². The maximum absolute atomic E-state index is 10.5. The van der Waals surface area contributed by atoms with Crippen molar-refractivity contribution in [2.45, 2.75) is 26.8 Å². The lowest BCUT2D eigenvalue weighted by Gasteiger charge is -2.23. The largest absolute Gasteiger partial charge is 0.504 e. The highest BCUT2D eigenvalue weighted by atomic mass is 32.1. The maximum atomic E-state index is 10.5. The van der Waals surface area contributed by atoms with Gasteiger partial charge in [-0.15, -0.1) is 11.3 Å².